The Labute approximate surface area is 169 Å². The number of rotatable bonds is 2. The van der Waals surface area contributed by atoms with Crippen LogP contribution in [0.5, 0.6) is 0 Å². The van der Waals surface area contributed by atoms with Gasteiger partial charge in [-0.2, -0.15) is 0 Å². The second-order valence-electron chi connectivity index (χ2n) is 10.8. The highest BCUT2D eigenvalue weighted by Gasteiger charge is 2.67. The summed E-state index contributed by atoms with van der Waals surface area (Å²) in [5.41, 5.74) is -0.527. The molecule has 1 heterocycles. The van der Waals surface area contributed by atoms with Crippen LogP contribution in [0.25, 0.3) is 0 Å². The van der Waals surface area contributed by atoms with E-state index in [1.807, 2.05) is 0 Å². The molecule has 156 valence electrons. The van der Waals surface area contributed by atoms with Crippen molar-refractivity contribution in [3.05, 3.63) is 12.7 Å². The third kappa shape index (κ3) is 2.37. The molecule has 4 nitrogen and oxygen atoms in total. The van der Waals surface area contributed by atoms with Gasteiger partial charge in [-0.15, -0.1) is 6.58 Å². The number of aliphatic hydroxyl groups is 1. The van der Waals surface area contributed by atoms with E-state index in [9.17, 15) is 9.90 Å². The molecule has 0 spiro atoms. The molecule has 4 heteroatoms. The van der Waals surface area contributed by atoms with Crippen molar-refractivity contribution in [2.45, 2.75) is 77.1 Å². The molecule has 1 aliphatic heterocycles. The van der Waals surface area contributed by atoms with Crippen molar-refractivity contribution in [3.63, 3.8) is 0 Å². The Bertz CT molecular complexity index is 670. The van der Waals surface area contributed by atoms with E-state index in [0.29, 0.717) is 49.1 Å². The van der Waals surface area contributed by atoms with Gasteiger partial charge in [-0.25, -0.2) is 0 Å². The Morgan fingerprint density at radius 3 is 2.54 bits per heavy atom. The van der Waals surface area contributed by atoms with Crippen molar-refractivity contribution >= 4 is 5.78 Å². The van der Waals surface area contributed by atoms with Gasteiger partial charge in [0, 0.05) is 11.8 Å². The Balaban J connectivity index is 1.46. The van der Waals surface area contributed by atoms with E-state index >= 15 is 0 Å². The Morgan fingerprint density at radius 2 is 1.82 bits per heavy atom. The van der Waals surface area contributed by atoms with Crippen molar-refractivity contribution in [2.75, 3.05) is 13.2 Å². The van der Waals surface area contributed by atoms with Crippen LogP contribution >= 0.6 is 0 Å². The standard InChI is InChI=1S/C24H36O4/c1-4-15-7-10-24(26)19-6-5-16-13-20(25)17(21-27-11-12-28-21)14-22(16,2)18(19)8-9-23(15,24)3/h4,15-19,21,26H,1,5-14H2,2-3H3/t15-,16?,17?,18-,19+,22-,23+,24+/m0/s1. The molecular weight excluding hydrogens is 352 g/mol. The van der Waals surface area contributed by atoms with Gasteiger partial charge in [0.1, 0.15) is 5.78 Å². The van der Waals surface area contributed by atoms with Crippen LogP contribution in [0.3, 0.4) is 0 Å². The van der Waals surface area contributed by atoms with Crippen LogP contribution in [0.1, 0.15) is 65.2 Å². The van der Waals surface area contributed by atoms with E-state index in [0.717, 1.165) is 44.9 Å². The fourth-order valence-corrected chi connectivity index (χ4v) is 8.41. The maximum atomic E-state index is 12.9. The number of fused-ring (bicyclic) bond motifs is 5. The van der Waals surface area contributed by atoms with E-state index in [1.165, 1.54) is 0 Å². The van der Waals surface area contributed by atoms with Crippen LogP contribution in [-0.2, 0) is 14.3 Å². The third-order valence-electron chi connectivity index (χ3n) is 10.1. The summed E-state index contributed by atoms with van der Waals surface area (Å²) in [4.78, 5) is 12.9. The molecular formula is C24H36O4. The lowest BCUT2D eigenvalue weighted by Gasteiger charge is -2.63. The van der Waals surface area contributed by atoms with Gasteiger partial charge in [0.25, 0.3) is 0 Å². The number of ether oxygens (including phenoxy) is 2. The summed E-state index contributed by atoms with van der Waals surface area (Å²) in [5.74, 6) is 1.91. The van der Waals surface area contributed by atoms with Gasteiger partial charge in [-0.3, -0.25) is 4.79 Å². The molecule has 5 fully saturated rings. The van der Waals surface area contributed by atoms with E-state index in [2.05, 4.69) is 26.5 Å². The lowest BCUT2D eigenvalue weighted by Crippen LogP contribution is -2.63. The topological polar surface area (TPSA) is 55.8 Å². The summed E-state index contributed by atoms with van der Waals surface area (Å²) in [7, 11) is 0. The van der Waals surface area contributed by atoms with Crippen LogP contribution in [-0.4, -0.2) is 36.0 Å². The monoisotopic (exact) mass is 388 g/mol. The zero-order valence-corrected chi connectivity index (χ0v) is 17.5. The van der Waals surface area contributed by atoms with Crippen LogP contribution < -0.4 is 0 Å². The van der Waals surface area contributed by atoms with Crippen LogP contribution in [0, 0.1) is 40.4 Å². The van der Waals surface area contributed by atoms with Gasteiger partial charge in [0.2, 0.25) is 0 Å². The molecule has 1 N–H and O–H groups in total. The lowest BCUT2D eigenvalue weighted by atomic mass is 9.42. The summed E-state index contributed by atoms with van der Waals surface area (Å²) in [6, 6.07) is 0. The first-order valence-electron chi connectivity index (χ1n) is 11.4. The third-order valence-corrected chi connectivity index (χ3v) is 10.1. The van der Waals surface area contributed by atoms with Crippen LogP contribution in [0.2, 0.25) is 0 Å². The van der Waals surface area contributed by atoms with Crippen molar-refractivity contribution in [1.29, 1.82) is 0 Å². The predicted octanol–water partition coefficient (Wildman–Crippen LogP) is 4.11. The second kappa shape index (κ2) is 6.39. The van der Waals surface area contributed by atoms with Gasteiger partial charge in [-0.1, -0.05) is 19.9 Å². The van der Waals surface area contributed by atoms with Crippen molar-refractivity contribution in [3.8, 4) is 0 Å². The zero-order valence-electron chi connectivity index (χ0n) is 17.5. The highest BCUT2D eigenvalue weighted by molar-refractivity contribution is 5.82. The van der Waals surface area contributed by atoms with Crippen molar-refractivity contribution in [1.82, 2.24) is 0 Å². The summed E-state index contributed by atoms with van der Waals surface area (Å²) >= 11 is 0. The molecule has 2 unspecified atom stereocenters. The first kappa shape index (κ1) is 19.3. The molecule has 5 aliphatic rings. The molecule has 0 aromatic rings. The highest BCUT2D eigenvalue weighted by Crippen LogP contribution is 2.69. The molecule has 0 aromatic heterocycles. The number of hydrogen-bond acceptors (Lipinski definition) is 4. The van der Waals surface area contributed by atoms with Crippen molar-refractivity contribution in [2.24, 2.45) is 40.4 Å². The van der Waals surface area contributed by atoms with E-state index in [-0.39, 0.29) is 23.0 Å². The Hall–Kier alpha value is -0.710. The minimum atomic E-state index is -0.583. The summed E-state index contributed by atoms with van der Waals surface area (Å²) < 4.78 is 11.5. The maximum Gasteiger partial charge on any atom is 0.167 e. The van der Waals surface area contributed by atoms with Crippen LogP contribution in [0.4, 0.5) is 0 Å². The molecule has 0 radical (unpaired) electrons. The van der Waals surface area contributed by atoms with Gasteiger partial charge < -0.3 is 14.6 Å². The minimum absolute atomic E-state index is 0.0410. The number of Topliss-reactive ketones (excluding diaryl/α,β-unsaturated/α-hetero) is 1. The van der Waals surface area contributed by atoms with E-state index in [1.54, 1.807) is 0 Å². The summed E-state index contributed by atoms with van der Waals surface area (Å²) in [6.07, 6.45) is 9.60. The van der Waals surface area contributed by atoms with Crippen molar-refractivity contribution < 1.29 is 19.4 Å². The number of ketones is 1. The predicted molar refractivity (Wildman–Crippen MR) is 106 cm³/mol. The highest BCUT2D eigenvalue weighted by atomic mass is 16.7. The van der Waals surface area contributed by atoms with Gasteiger partial charge in [0.05, 0.1) is 24.7 Å². The SMILES string of the molecule is C=C[C@H]1CC[C@@]2(O)[C@@H]3CCC4CC(=O)C(C5OCCO5)C[C@]4(C)[C@H]3CC[C@]12C. The lowest BCUT2D eigenvalue weighted by molar-refractivity contribution is -0.212. The molecule has 1 saturated heterocycles. The molecule has 0 bridgehead atoms. The van der Waals surface area contributed by atoms with Gasteiger partial charge >= 0.3 is 0 Å². The number of carbonyl (C=O) groups excluding carboxylic acids is 1. The maximum absolute atomic E-state index is 12.9. The van der Waals surface area contributed by atoms with Crippen LogP contribution in [0.15, 0.2) is 12.7 Å². The summed E-state index contributed by atoms with van der Waals surface area (Å²) in [6.45, 7) is 10.00. The Morgan fingerprint density at radius 1 is 1.07 bits per heavy atom. The molecule has 0 amide bonds. The first-order chi connectivity index (χ1) is 13.3. The Kier molecular flexibility index (Phi) is 4.40. The van der Waals surface area contributed by atoms with Gasteiger partial charge in [-0.05, 0) is 74.0 Å². The quantitative estimate of drug-likeness (QED) is 0.723. The van der Waals surface area contributed by atoms with E-state index in [4.69, 9.17) is 9.47 Å². The first-order valence-corrected chi connectivity index (χ1v) is 11.4. The molecule has 5 rings (SSSR count). The smallest absolute Gasteiger partial charge is 0.167 e. The van der Waals surface area contributed by atoms with Gasteiger partial charge in [0.15, 0.2) is 6.29 Å². The minimum Gasteiger partial charge on any atom is -0.389 e. The number of hydrogen-bond donors (Lipinski definition) is 1. The largest absolute Gasteiger partial charge is 0.389 e. The second-order valence-corrected chi connectivity index (χ2v) is 10.8. The fourth-order valence-electron chi connectivity index (χ4n) is 8.41. The molecule has 0 aromatic carbocycles. The van der Waals surface area contributed by atoms with E-state index < -0.39 is 5.60 Å². The fraction of sp³-hybridized carbons (Fsp3) is 0.875. The normalized spacial score (nSPS) is 54.1. The molecule has 4 saturated carbocycles. The number of allylic oxidation sites excluding steroid dienone is 1. The average molecular weight is 389 g/mol. The summed E-state index contributed by atoms with van der Waals surface area (Å²) in [5, 5.41) is 12.0. The number of carbonyl (C=O) groups is 1. The molecule has 28 heavy (non-hydrogen) atoms. The zero-order chi connectivity index (χ0) is 19.7. The molecule has 4 aliphatic carbocycles. The molecule has 8 atom stereocenters. The average Bonchev–Trinajstić information content (AvgIpc) is 3.28.